The molecule has 1 N–H and O–H groups in total. The summed E-state index contributed by atoms with van der Waals surface area (Å²) < 4.78 is 33.2. The predicted molar refractivity (Wildman–Crippen MR) is 91.9 cm³/mol. The maximum atomic E-state index is 12.7. The van der Waals surface area contributed by atoms with Gasteiger partial charge in [0.25, 0.3) is 0 Å². The summed E-state index contributed by atoms with van der Waals surface area (Å²) in [6.07, 6.45) is 4.60. The standard InChI is InChI=1S/C17H22N2O5S/c1-24-14-7-6-13(19-16(20)8-9-17(19)21)10-15(14)25(22,23)18-11-12-4-2-3-5-12/h6-7,10,12,18H,2-5,8-9,11H2,1H3. The van der Waals surface area contributed by atoms with Gasteiger partial charge >= 0.3 is 0 Å². The van der Waals surface area contributed by atoms with Crippen molar-refractivity contribution >= 4 is 27.5 Å². The molecular weight excluding hydrogens is 344 g/mol. The summed E-state index contributed by atoms with van der Waals surface area (Å²) in [4.78, 5) is 24.8. The normalized spacial score (nSPS) is 19.0. The van der Waals surface area contributed by atoms with Crippen LogP contribution in [0.4, 0.5) is 5.69 Å². The summed E-state index contributed by atoms with van der Waals surface area (Å²) in [7, 11) is -2.42. The van der Waals surface area contributed by atoms with E-state index in [1.165, 1.54) is 25.3 Å². The monoisotopic (exact) mass is 366 g/mol. The number of ether oxygens (including phenoxy) is 1. The number of anilines is 1. The van der Waals surface area contributed by atoms with Crippen molar-refractivity contribution < 1.29 is 22.7 Å². The molecule has 1 aromatic carbocycles. The summed E-state index contributed by atoms with van der Waals surface area (Å²) in [5.41, 5.74) is 0.259. The van der Waals surface area contributed by atoms with Gasteiger partial charge < -0.3 is 4.74 Å². The number of rotatable bonds is 6. The second-order valence-electron chi connectivity index (χ2n) is 6.46. The second kappa shape index (κ2) is 7.13. The maximum absolute atomic E-state index is 12.7. The van der Waals surface area contributed by atoms with Crippen LogP contribution < -0.4 is 14.4 Å². The van der Waals surface area contributed by atoms with E-state index in [-0.39, 0.29) is 41.0 Å². The number of hydrogen-bond acceptors (Lipinski definition) is 5. The van der Waals surface area contributed by atoms with Crippen molar-refractivity contribution in [3.63, 3.8) is 0 Å². The zero-order chi connectivity index (χ0) is 18.0. The van der Waals surface area contributed by atoms with E-state index in [1.54, 1.807) is 0 Å². The molecule has 3 rings (SSSR count). The molecule has 2 amide bonds. The van der Waals surface area contributed by atoms with Crippen molar-refractivity contribution in [3.05, 3.63) is 18.2 Å². The molecule has 8 heteroatoms. The quantitative estimate of drug-likeness (QED) is 0.775. The van der Waals surface area contributed by atoms with Crippen LogP contribution in [0.1, 0.15) is 38.5 Å². The van der Waals surface area contributed by atoms with Crippen molar-refractivity contribution in [3.8, 4) is 5.75 Å². The van der Waals surface area contributed by atoms with Gasteiger partial charge in [-0.15, -0.1) is 0 Å². The lowest BCUT2D eigenvalue weighted by Crippen LogP contribution is -2.31. The SMILES string of the molecule is COc1ccc(N2C(=O)CCC2=O)cc1S(=O)(=O)NCC1CCCC1. The van der Waals surface area contributed by atoms with Crippen LogP contribution in [0.3, 0.4) is 0 Å². The lowest BCUT2D eigenvalue weighted by Gasteiger charge is -2.18. The number of sulfonamides is 1. The molecule has 0 spiro atoms. The average Bonchev–Trinajstić information content (AvgIpc) is 3.22. The van der Waals surface area contributed by atoms with Crippen LogP contribution in [0.25, 0.3) is 0 Å². The van der Waals surface area contributed by atoms with Gasteiger partial charge in [0.1, 0.15) is 10.6 Å². The third-order valence-corrected chi connectivity index (χ3v) is 6.23. The average molecular weight is 366 g/mol. The Morgan fingerprint density at radius 1 is 1.16 bits per heavy atom. The van der Waals surface area contributed by atoms with Gasteiger partial charge in [-0.3, -0.25) is 14.5 Å². The summed E-state index contributed by atoms with van der Waals surface area (Å²) in [6.45, 7) is 0.386. The van der Waals surface area contributed by atoms with Gasteiger partial charge in [0.05, 0.1) is 12.8 Å². The third kappa shape index (κ3) is 3.69. The van der Waals surface area contributed by atoms with E-state index >= 15 is 0 Å². The first-order chi connectivity index (χ1) is 11.9. The smallest absolute Gasteiger partial charge is 0.244 e. The van der Waals surface area contributed by atoms with Crippen LogP contribution in [-0.4, -0.2) is 33.9 Å². The predicted octanol–water partition coefficient (Wildman–Crippen LogP) is 1.82. The van der Waals surface area contributed by atoms with Crippen molar-refractivity contribution in [2.75, 3.05) is 18.6 Å². The molecule has 1 aromatic rings. The number of carbonyl (C=O) groups excluding carboxylic acids is 2. The number of amides is 2. The third-order valence-electron chi connectivity index (χ3n) is 4.78. The first-order valence-electron chi connectivity index (χ1n) is 8.46. The highest BCUT2D eigenvalue weighted by Gasteiger charge is 2.32. The highest BCUT2D eigenvalue weighted by atomic mass is 32.2. The van der Waals surface area contributed by atoms with E-state index in [1.807, 2.05) is 0 Å². The second-order valence-corrected chi connectivity index (χ2v) is 8.20. The number of carbonyl (C=O) groups is 2. The topological polar surface area (TPSA) is 92.8 Å². The Morgan fingerprint density at radius 2 is 1.80 bits per heavy atom. The van der Waals surface area contributed by atoms with E-state index in [0.29, 0.717) is 12.5 Å². The molecule has 1 saturated carbocycles. The lowest BCUT2D eigenvalue weighted by molar-refractivity contribution is -0.121. The zero-order valence-electron chi connectivity index (χ0n) is 14.2. The Balaban J connectivity index is 1.89. The van der Waals surface area contributed by atoms with Gasteiger partial charge in [-0.1, -0.05) is 12.8 Å². The van der Waals surface area contributed by atoms with E-state index in [2.05, 4.69) is 4.72 Å². The molecule has 0 bridgehead atoms. The molecular formula is C17H22N2O5S. The van der Waals surface area contributed by atoms with Gasteiger partial charge in [0.2, 0.25) is 21.8 Å². The van der Waals surface area contributed by atoms with Crippen LogP contribution in [0.15, 0.2) is 23.1 Å². The molecule has 7 nitrogen and oxygen atoms in total. The number of methoxy groups -OCH3 is 1. The first kappa shape index (κ1) is 17.9. The molecule has 2 fully saturated rings. The van der Waals surface area contributed by atoms with Crippen molar-refractivity contribution in [1.82, 2.24) is 4.72 Å². The fourth-order valence-electron chi connectivity index (χ4n) is 3.40. The fourth-order valence-corrected chi connectivity index (χ4v) is 4.70. The Kier molecular flexibility index (Phi) is 5.10. The number of nitrogens with one attached hydrogen (secondary N) is 1. The largest absolute Gasteiger partial charge is 0.495 e. The minimum absolute atomic E-state index is 0.0574. The first-order valence-corrected chi connectivity index (χ1v) is 9.94. The summed E-state index contributed by atoms with van der Waals surface area (Å²) in [5.74, 6) is -0.109. The van der Waals surface area contributed by atoms with Crippen LogP contribution in [0.2, 0.25) is 0 Å². The molecule has 1 aliphatic heterocycles. The van der Waals surface area contributed by atoms with Gasteiger partial charge in [-0.25, -0.2) is 13.1 Å². The molecule has 1 aliphatic carbocycles. The highest BCUT2D eigenvalue weighted by Crippen LogP contribution is 2.32. The molecule has 0 aromatic heterocycles. The van der Waals surface area contributed by atoms with Crippen LogP contribution in [0, 0.1) is 5.92 Å². The van der Waals surface area contributed by atoms with Crippen LogP contribution in [-0.2, 0) is 19.6 Å². The van der Waals surface area contributed by atoms with Crippen molar-refractivity contribution in [1.29, 1.82) is 0 Å². The molecule has 136 valence electrons. The fraction of sp³-hybridized carbons (Fsp3) is 0.529. The highest BCUT2D eigenvalue weighted by molar-refractivity contribution is 7.89. The number of imide groups is 1. The molecule has 2 aliphatic rings. The lowest BCUT2D eigenvalue weighted by atomic mass is 10.1. The molecule has 0 unspecified atom stereocenters. The Labute approximate surface area is 147 Å². The van der Waals surface area contributed by atoms with Gasteiger partial charge in [0, 0.05) is 19.4 Å². The molecule has 25 heavy (non-hydrogen) atoms. The van der Waals surface area contributed by atoms with E-state index < -0.39 is 10.0 Å². The summed E-state index contributed by atoms with van der Waals surface area (Å²) in [5, 5.41) is 0. The number of hydrogen-bond donors (Lipinski definition) is 1. The van der Waals surface area contributed by atoms with Gasteiger partial charge in [-0.2, -0.15) is 0 Å². The zero-order valence-corrected chi connectivity index (χ0v) is 15.0. The van der Waals surface area contributed by atoms with Gasteiger partial charge in [0.15, 0.2) is 0 Å². The molecule has 1 heterocycles. The Morgan fingerprint density at radius 3 is 2.40 bits per heavy atom. The number of nitrogens with zero attached hydrogens (tertiary/aromatic N) is 1. The Bertz CT molecular complexity index is 768. The van der Waals surface area contributed by atoms with E-state index in [0.717, 1.165) is 30.6 Å². The maximum Gasteiger partial charge on any atom is 0.244 e. The molecule has 0 atom stereocenters. The van der Waals surface area contributed by atoms with Gasteiger partial charge in [-0.05, 0) is 37.0 Å². The van der Waals surface area contributed by atoms with E-state index in [4.69, 9.17) is 4.74 Å². The van der Waals surface area contributed by atoms with Crippen molar-refractivity contribution in [2.45, 2.75) is 43.4 Å². The van der Waals surface area contributed by atoms with Crippen LogP contribution in [0.5, 0.6) is 5.75 Å². The van der Waals surface area contributed by atoms with Crippen LogP contribution >= 0.6 is 0 Å². The molecule has 0 radical (unpaired) electrons. The number of benzene rings is 1. The van der Waals surface area contributed by atoms with Crippen molar-refractivity contribution in [2.24, 2.45) is 5.92 Å². The minimum Gasteiger partial charge on any atom is -0.495 e. The summed E-state index contributed by atoms with van der Waals surface area (Å²) in [6, 6.07) is 4.32. The molecule has 1 saturated heterocycles. The van der Waals surface area contributed by atoms with E-state index in [9.17, 15) is 18.0 Å². The Hall–Kier alpha value is -1.93. The summed E-state index contributed by atoms with van der Waals surface area (Å²) >= 11 is 0. The minimum atomic E-state index is -3.80.